The summed E-state index contributed by atoms with van der Waals surface area (Å²) in [5, 5.41) is 14.1. The van der Waals surface area contributed by atoms with Gasteiger partial charge in [0, 0.05) is 36.6 Å². The number of esters is 1. The summed E-state index contributed by atoms with van der Waals surface area (Å²) in [6, 6.07) is 0.354. The Balaban J connectivity index is 1.02. The Morgan fingerprint density at radius 3 is 2.04 bits per heavy atom. The highest BCUT2D eigenvalue weighted by molar-refractivity contribution is 7.91. The topological polar surface area (TPSA) is 113 Å². The van der Waals surface area contributed by atoms with Crippen LogP contribution in [0.3, 0.4) is 0 Å². The molecule has 318 valence electrons. The van der Waals surface area contributed by atoms with Crippen molar-refractivity contribution in [3.8, 4) is 0 Å². The molecule has 0 spiro atoms. The molecule has 8 fully saturated rings. The van der Waals surface area contributed by atoms with E-state index in [0.29, 0.717) is 72.1 Å². The van der Waals surface area contributed by atoms with Crippen molar-refractivity contribution >= 4 is 21.8 Å². The lowest BCUT2D eigenvalue weighted by Gasteiger charge is -2.73. The third-order valence-corrected chi connectivity index (χ3v) is 22.3. The third-order valence-electron chi connectivity index (χ3n) is 20.7. The molecule has 2 N–H and O–H groups in total. The van der Waals surface area contributed by atoms with Gasteiger partial charge in [0.1, 0.15) is 6.10 Å². The molecule has 0 bridgehead atoms. The van der Waals surface area contributed by atoms with Gasteiger partial charge >= 0.3 is 11.9 Å². The second kappa shape index (κ2) is 13.4. The summed E-state index contributed by atoms with van der Waals surface area (Å²) in [6.45, 7) is 26.2. The number of nitrogens with one attached hydrogen (secondary N) is 1. The Bertz CT molecular complexity index is 1670. The Morgan fingerprint density at radius 2 is 1.43 bits per heavy atom. The number of aliphatic carboxylic acids is 1. The maximum Gasteiger partial charge on any atom is 0.309 e. The molecule has 8 aliphatic rings. The molecule has 1 aliphatic heterocycles. The molecule has 8 rings (SSSR count). The molecular formula is C47H78N2O6S. The summed E-state index contributed by atoms with van der Waals surface area (Å²) in [6.07, 6.45) is 15.2. The lowest BCUT2D eigenvalue weighted by Crippen LogP contribution is -2.69. The van der Waals surface area contributed by atoms with Crippen molar-refractivity contribution in [1.82, 2.24) is 10.2 Å². The number of carboxylic acid groups (broad SMARTS) is 1. The molecule has 9 heteroatoms. The third kappa shape index (κ3) is 6.07. The molecule has 0 amide bonds. The first-order valence-corrected chi connectivity index (χ1v) is 24.9. The highest BCUT2D eigenvalue weighted by atomic mass is 32.2. The van der Waals surface area contributed by atoms with E-state index in [1.54, 1.807) is 0 Å². The monoisotopic (exact) mass is 799 g/mol. The van der Waals surface area contributed by atoms with Crippen LogP contribution in [0.4, 0.5) is 0 Å². The van der Waals surface area contributed by atoms with E-state index in [2.05, 4.69) is 65.6 Å². The van der Waals surface area contributed by atoms with E-state index in [0.717, 1.165) is 25.3 Å². The van der Waals surface area contributed by atoms with Crippen molar-refractivity contribution in [3.63, 3.8) is 0 Å². The van der Waals surface area contributed by atoms with Crippen molar-refractivity contribution in [2.75, 3.05) is 31.1 Å². The van der Waals surface area contributed by atoms with E-state index < -0.39 is 27.1 Å². The van der Waals surface area contributed by atoms with Crippen LogP contribution in [0.2, 0.25) is 0 Å². The van der Waals surface area contributed by atoms with E-state index in [1.807, 2.05) is 13.8 Å². The molecular weight excluding hydrogens is 721 g/mol. The van der Waals surface area contributed by atoms with Crippen molar-refractivity contribution in [2.24, 2.45) is 79.8 Å². The van der Waals surface area contributed by atoms with Gasteiger partial charge < -0.3 is 15.2 Å². The molecule has 0 aromatic rings. The maximum absolute atomic E-state index is 13.7. The van der Waals surface area contributed by atoms with E-state index in [1.165, 1.54) is 64.2 Å². The predicted octanol–water partition coefficient (Wildman–Crippen LogP) is 8.62. The maximum atomic E-state index is 13.7. The number of hydrogen-bond donors (Lipinski definition) is 2. The minimum absolute atomic E-state index is 0.132. The minimum atomic E-state index is -2.91. The van der Waals surface area contributed by atoms with E-state index >= 15 is 0 Å². The van der Waals surface area contributed by atoms with Crippen LogP contribution in [0.5, 0.6) is 0 Å². The first kappa shape index (κ1) is 41.5. The quantitative estimate of drug-likeness (QED) is 0.223. The average molecular weight is 799 g/mol. The second-order valence-electron chi connectivity index (χ2n) is 23.8. The zero-order chi connectivity index (χ0) is 40.6. The summed E-state index contributed by atoms with van der Waals surface area (Å²) >= 11 is 0. The summed E-state index contributed by atoms with van der Waals surface area (Å²) in [7, 11) is -2.91. The van der Waals surface area contributed by atoms with Crippen molar-refractivity contribution in [1.29, 1.82) is 0 Å². The summed E-state index contributed by atoms with van der Waals surface area (Å²) in [5.74, 6) is 2.53. The number of nitrogens with zero attached hydrogens (tertiary/aromatic N) is 1. The van der Waals surface area contributed by atoms with E-state index in [4.69, 9.17) is 4.74 Å². The number of carboxylic acids is 1. The Labute approximate surface area is 340 Å². The summed E-state index contributed by atoms with van der Waals surface area (Å²) in [5.41, 5.74) is 0.652. The van der Waals surface area contributed by atoms with Crippen molar-refractivity contribution in [3.05, 3.63) is 0 Å². The van der Waals surface area contributed by atoms with Gasteiger partial charge in [-0.05, 0) is 146 Å². The fourth-order valence-corrected chi connectivity index (χ4v) is 17.8. The molecule has 7 aliphatic carbocycles. The Hall–Kier alpha value is -1.19. The molecule has 0 unspecified atom stereocenters. The number of fused-ring (bicyclic) bond motifs is 7. The van der Waals surface area contributed by atoms with Crippen LogP contribution in [0.25, 0.3) is 0 Å². The highest BCUT2D eigenvalue weighted by Gasteiger charge is 2.72. The fraction of sp³-hybridized carbons (Fsp3) is 0.957. The number of hydrogen-bond acceptors (Lipinski definition) is 7. The van der Waals surface area contributed by atoms with Crippen LogP contribution in [0.15, 0.2) is 0 Å². The van der Waals surface area contributed by atoms with Gasteiger partial charge in [-0.3, -0.25) is 14.5 Å². The smallest absolute Gasteiger partial charge is 0.309 e. The summed E-state index contributed by atoms with van der Waals surface area (Å²) in [4.78, 5) is 28.0. The van der Waals surface area contributed by atoms with Crippen molar-refractivity contribution in [2.45, 2.75) is 170 Å². The van der Waals surface area contributed by atoms with Crippen LogP contribution in [0.1, 0.15) is 153 Å². The van der Waals surface area contributed by atoms with Crippen LogP contribution in [-0.4, -0.2) is 79.2 Å². The van der Waals surface area contributed by atoms with Gasteiger partial charge in [0.2, 0.25) is 0 Å². The zero-order valence-electron chi connectivity index (χ0n) is 36.8. The van der Waals surface area contributed by atoms with Crippen LogP contribution < -0.4 is 5.32 Å². The minimum Gasteiger partial charge on any atom is -0.481 e. The zero-order valence-corrected chi connectivity index (χ0v) is 37.7. The van der Waals surface area contributed by atoms with E-state index in [9.17, 15) is 23.1 Å². The Morgan fingerprint density at radius 1 is 0.750 bits per heavy atom. The van der Waals surface area contributed by atoms with Gasteiger partial charge in [0.15, 0.2) is 9.84 Å². The molecule has 7 saturated carbocycles. The molecule has 13 atom stereocenters. The lowest BCUT2D eigenvalue weighted by atomic mass is 9.32. The molecule has 56 heavy (non-hydrogen) atoms. The number of rotatable bonds is 9. The number of carbonyl (C=O) groups excluding carboxylic acids is 1. The SMILES string of the molecule is CC(C)[C@H](CN[C@]12CC[C@@H](C3(C)CC3)[C@@H]1[C@H]1CC[C@@H]3[C@@]4(C)CC[C@H](OC(=O)[C@H]5C[C@@H](C(=O)O)C5(C)C)C(C)(C)[C@@H]4CC[C@@]3(C)[C@]1(C)CC2)N1CCS(=O)(=O)CC1. The molecule has 1 saturated heterocycles. The molecule has 0 radical (unpaired) electrons. The van der Waals surface area contributed by atoms with Gasteiger partial charge in [-0.15, -0.1) is 0 Å². The molecule has 0 aromatic heterocycles. The summed E-state index contributed by atoms with van der Waals surface area (Å²) < 4.78 is 31.2. The Kier molecular flexibility index (Phi) is 9.94. The van der Waals surface area contributed by atoms with Gasteiger partial charge in [0.05, 0.1) is 23.3 Å². The first-order chi connectivity index (χ1) is 26.0. The van der Waals surface area contributed by atoms with Gasteiger partial charge in [-0.1, -0.05) is 69.2 Å². The normalized spacial score (nSPS) is 47.6. The van der Waals surface area contributed by atoms with Crippen LogP contribution in [0, 0.1) is 79.8 Å². The lowest BCUT2D eigenvalue weighted by molar-refractivity contribution is -0.250. The fourth-order valence-electron chi connectivity index (χ4n) is 16.6. The van der Waals surface area contributed by atoms with E-state index in [-0.39, 0.29) is 45.2 Å². The van der Waals surface area contributed by atoms with Gasteiger partial charge in [-0.2, -0.15) is 0 Å². The van der Waals surface area contributed by atoms with Crippen LogP contribution in [-0.2, 0) is 24.2 Å². The largest absolute Gasteiger partial charge is 0.481 e. The van der Waals surface area contributed by atoms with Gasteiger partial charge in [0.25, 0.3) is 0 Å². The number of ether oxygens (including phenoxy) is 1. The molecule has 8 nitrogen and oxygen atoms in total. The molecule has 0 aromatic carbocycles. The second-order valence-corrected chi connectivity index (χ2v) is 26.1. The van der Waals surface area contributed by atoms with Crippen molar-refractivity contribution < 1.29 is 27.9 Å². The molecule has 1 heterocycles. The number of carbonyl (C=O) groups is 2. The highest BCUT2D eigenvalue weighted by Crippen LogP contribution is 2.78. The average Bonchev–Trinajstić information content (AvgIpc) is 3.72. The van der Waals surface area contributed by atoms with Crippen LogP contribution >= 0.6 is 0 Å². The first-order valence-electron chi connectivity index (χ1n) is 23.1. The van der Waals surface area contributed by atoms with Gasteiger partial charge in [-0.25, -0.2) is 8.42 Å². The predicted molar refractivity (Wildman–Crippen MR) is 222 cm³/mol. The standard InChI is InChI=1S/C47H78N2O6S/c1-29(2)34(49-23-25-56(53,54)26-24-49)28-48-47-18-13-30(43(7)19-20-43)38(47)31-11-12-36-44(8)16-15-37(55-40(52)33-27-32(39(50)51)41(33,3)4)42(5,6)35(44)14-17-46(36,10)45(31,9)21-22-47/h29-38,48H,11-28H2,1-10H3,(H,50,51)/t30-,31-,32+,33-,34+,35+,36-,37+,38-,44+,45-,46-,47+/m1/s1. The number of sulfone groups is 1.